The van der Waals surface area contributed by atoms with Crippen molar-refractivity contribution in [1.82, 2.24) is 24.1 Å². The van der Waals surface area contributed by atoms with Gasteiger partial charge in [0, 0.05) is 49.9 Å². The summed E-state index contributed by atoms with van der Waals surface area (Å²) in [6.07, 6.45) is 6.53. The molecule has 2 fully saturated rings. The monoisotopic (exact) mass is 335 g/mol. The Morgan fingerprint density at radius 1 is 1.12 bits per heavy atom. The van der Waals surface area contributed by atoms with Gasteiger partial charge in [-0.3, -0.25) is 9.69 Å². The third kappa shape index (κ3) is 2.98. The van der Waals surface area contributed by atoms with Gasteiger partial charge in [-0.25, -0.2) is 9.67 Å². The minimum absolute atomic E-state index is 0.0169. The zero-order valence-electron chi connectivity index (χ0n) is 14.1. The molecule has 25 heavy (non-hydrogen) atoms. The summed E-state index contributed by atoms with van der Waals surface area (Å²) in [7, 11) is 0. The molecule has 1 aliphatic heterocycles. The second-order valence-electron chi connectivity index (χ2n) is 7.31. The molecule has 3 aromatic heterocycles. The molecule has 1 aliphatic carbocycles. The summed E-state index contributed by atoms with van der Waals surface area (Å²) in [6.45, 7) is 3.58. The maximum atomic E-state index is 12.0. The van der Waals surface area contributed by atoms with Crippen LogP contribution < -0.4 is 5.56 Å². The van der Waals surface area contributed by atoms with E-state index in [0.717, 1.165) is 43.2 Å². The Bertz CT molecular complexity index is 932. The number of rotatable bonds is 5. The van der Waals surface area contributed by atoms with E-state index in [1.807, 2.05) is 30.5 Å². The molecule has 0 radical (unpaired) electrons. The molecule has 128 valence electrons. The van der Waals surface area contributed by atoms with Gasteiger partial charge >= 0.3 is 0 Å². The molecule has 4 heterocycles. The summed E-state index contributed by atoms with van der Waals surface area (Å²) in [4.78, 5) is 19.1. The molecule has 0 N–H and O–H groups in total. The van der Waals surface area contributed by atoms with Crippen molar-refractivity contribution in [1.29, 1.82) is 0 Å². The number of aromatic nitrogens is 4. The van der Waals surface area contributed by atoms with Crippen LogP contribution in [0.2, 0.25) is 0 Å². The average Bonchev–Trinajstić information content (AvgIpc) is 3.34. The summed E-state index contributed by atoms with van der Waals surface area (Å²) >= 11 is 0. The zero-order chi connectivity index (χ0) is 16.8. The minimum atomic E-state index is 0.0169. The van der Waals surface area contributed by atoms with E-state index in [9.17, 15) is 4.79 Å². The van der Waals surface area contributed by atoms with Gasteiger partial charge in [-0.05, 0) is 31.0 Å². The van der Waals surface area contributed by atoms with Crippen molar-refractivity contribution in [2.45, 2.75) is 31.8 Å². The average molecular weight is 335 g/mol. The topological polar surface area (TPSA) is 55.4 Å². The van der Waals surface area contributed by atoms with E-state index in [4.69, 9.17) is 0 Å². The van der Waals surface area contributed by atoms with Gasteiger partial charge in [0.25, 0.3) is 5.56 Å². The predicted octanol–water partition coefficient (Wildman–Crippen LogP) is 1.90. The van der Waals surface area contributed by atoms with Crippen LogP contribution in [0, 0.1) is 5.92 Å². The molecular weight excluding hydrogens is 314 g/mol. The van der Waals surface area contributed by atoms with Crippen LogP contribution in [0.4, 0.5) is 0 Å². The standard InChI is InChI=1S/C19H21N5O/c25-19-7-6-17(15-4-5-15)21-24(19)11-14-9-22(10-14)12-16-13-23-8-2-1-3-18(23)20-16/h1-3,6-8,13-15H,4-5,9-12H2. The Kier molecular flexibility index (Phi) is 3.45. The first-order valence-corrected chi connectivity index (χ1v) is 8.97. The van der Waals surface area contributed by atoms with Crippen LogP contribution in [-0.4, -0.2) is 37.2 Å². The van der Waals surface area contributed by atoms with E-state index < -0.39 is 0 Å². The van der Waals surface area contributed by atoms with Crippen molar-refractivity contribution in [3.8, 4) is 0 Å². The van der Waals surface area contributed by atoms with Crippen molar-refractivity contribution in [2.75, 3.05) is 13.1 Å². The third-order valence-electron chi connectivity index (χ3n) is 5.15. The van der Waals surface area contributed by atoms with Gasteiger partial charge in [-0.15, -0.1) is 0 Å². The third-order valence-corrected chi connectivity index (χ3v) is 5.15. The number of nitrogens with zero attached hydrogens (tertiary/aromatic N) is 5. The lowest BCUT2D eigenvalue weighted by atomic mass is 10.00. The fraction of sp³-hybridized carbons (Fsp3) is 0.421. The summed E-state index contributed by atoms with van der Waals surface area (Å²) in [5.41, 5.74) is 3.18. The van der Waals surface area contributed by atoms with Crippen molar-refractivity contribution in [2.24, 2.45) is 5.92 Å². The molecule has 0 bridgehead atoms. The second kappa shape index (κ2) is 5.81. The number of imidazole rings is 1. The molecule has 1 saturated heterocycles. The highest BCUT2D eigenvalue weighted by Gasteiger charge is 2.29. The predicted molar refractivity (Wildman–Crippen MR) is 94.4 cm³/mol. The van der Waals surface area contributed by atoms with E-state index in [1.165, 1.54) is 12.8 Å². The van der Waals surface area contributed by atoms with Crippen molar-refractivity contribution in [3.63, 3.8) is 0 Å². The Balaban J connectivity index is 1.20. The molecule has 6 nitrogen and oxygen atoms in total. The Morgan fingerprint density at radius 2 is 2.00 bits per heavy atom. The van der Waals surface area contributed by atoms with Crippen LogP contribution in [0.25, 0.3) is 5.65 Å². The Hall–Kier alpha value is -2.47. The van der Waals surface area contributed by atoms with Gasteiger partial charge in [0.15, 0.2) is 0 Å². The molecule has 2 aliphatic rings. The first-order valence-electron chi connectivity index (χ1n) is 8.97. The van der Waals surface area contributed by atoms with Gasteiger partial charge in [-0.1, -0.05) is 6.07 Å². The Morgan fingerprint density at radius 3 is 2.80 bits per heavy atom. The molecule has 0 atom stereocenters. The summed E-state index contributed by atoms with van der Waals surface area (Å²) in [6, 6.07) is 9.61. The van der Waals surface area contributed by atoms with Crippen LogP contribution in [0.1, 0.15) is 30.1 Å². The van der Waals surface area contributed by atoms with Crippen molar-refractivity contribution >= 4 is 5.65 Å². The molecule has 0 amide bonds. The van der Waals surface area contributed by atoms with Gasteiger partial charge in [0.2, 0.25) is 0 Å². The van der Waals surface area contributed by atoms with Crippen LogP contribution in [0.5, 0.6) is 0 Å². The van der Waals surface area contributed by atoms with Gasteiger partial charge in [0.1, 0.15) is 5.65 Å². The van der Waals surface area contributed by atoms with Crippen LogP contribution >= 0.6 is 0 Å². The van der Waals surface area contributed by atoms with E-state index in [2.05, 4.69) is 25.6 Å². The lowest BCUT2D eigenvalue weighted by Crippen LogP contribution is -2.49. The molecule has 1 saturated carbocycles. The second-order valence-corrected chi connectivity index (χ2v) is 7.31. The number of hydrogen-bond acceptors (Lipinski definition) is 4. The highest BCUT2D eigenvalue weighted by Crippen LogP contribution is 2.38. The van der Waals surface area contributed by atoms with E-state index in [-0.39, 0.29) is 5.56 Å². The first-order chi connectivity index (χ1) is 12.2. The maximum Gasteiger partial charge on any atom is 0.266 e. The highest BCUT2D eigenvalue weighted by molar-refractivity contribution is 5.39. The molecular formula is C19H21N5O. The quantitative estimate of drug-likeness (QED) is 0.715. The molecule has 0 aromatic carbocycles. The molecule has 0 spiro atoms. The fourth-order valence-electron chi connectivity index (χ4n) is 3.65. The lowest BCUT2D eigenvalue weighted by Gasteiger charge is -2.38. The first kappa shape index (κ1) is 14.8. The lowest BCUT2D eigenvalue weighted by molar-refractivity contribution is 0.0754. The van der Waals surface area contributed by atoms with Crippen molar-refractivity contribution in [3.05, 3.63) is 64.5 Å². The number of likely N-dealkylation sites (tertiary alicyclic amines) is 1. The maximum absolute atomic E-state index is 12.0. The normalized spacial score (nSPS) is 18.6. The summed E-state index contributed by atoms with van der Waals surface area (Å²) in [5, 5.41) is 4.56. The van der Waals surface area contributed by atoms with Gasteiger partial charge < -0.3 is 4.40 Å². The minimum Gasteiger partial charge on any atom is -0.307 e. The molecule has 0 unspecified atom stereocenters. The number of hydrogen-bond donors (Lipinski definition) is 0. The number of pyridine rings is 1. The van der Waals surface area contributed by atoms with Crippen molar-refractivity contribution < 1.29 is 0 Å². The fourth-order valence-corrected chi connectivity index (χ4v) is 3.65. The van der Waals surface area contributed by atoms with E-state index in [0.29, 0.717) is 11.8 Å². The highest BCUT2D eigenvalue weighted by atomic mass is 16.1. The van der Waals surface area contributed by atoms with Crippen LogP contribution in [0.15, 0.2) is 47.5 Å². The molecule has 3 aromatic rings. The zero-order valence-corrected chi connectivity index (χ0v) is 14.1. The van der Waals surface area contributed by atoms with E-state index >= 15 is 0 Å². The SMILES string of the molecule is O=c1ccc(C2CC2)nn1CC1CN(Cc2cn3ccccc3n2)C1. The van der Waals surface area contributed by atoms with E-state index in [1.54, 1.807) is 10.7 Å². The molecule has 6 heteroatoms. The van der Waals surface area contributed by atoms with Gasteiger partial charge in [-0.2, -0.15) is 5.10 Å². The number of fused-ring (bicyclic) bond motifs is 1. The summed E-state index contributed by atoms with van der Waals surface area (Å²) in [5.74, 6) is 1.08. The van der Waals surface area contributed by atoms with Crippen LogP contribution in [0.3, 0.4) is 0 Å². The Labute approximate surface area is 145 Å². The van der Waals surface area contributed by atoms with Crippen LogP contribution in [-0.2, 0) is 13.1 Å². The smallest absolute Gasteiger partial charge is 0.266 e. The molecule has 5 rings (SSSR count). The van der Waals surface area contributed by atoms with Gasteiger partial charge in [0.05, 0.1) is 17.9 Å². The largest absolute Gasteiger partial charge is 0.307 e. The summed E-state index contributed by atoms with van der Waals surface area (Å²) < 4.78 is 3.72.